The van der Waals surface area contributed by atoms with Crippen molar-refractivity contribution in [2.45, 2.75) is 38.8 Å². The number of nitrogens with zero attached hydrogens (tertiary/aromatic N) is 2. The van der Waals surface area contributed by atoms with Crippen LogP contribution in [-0.4, -0.2) is 49.8 Å². The molecule has 2 aliphatic rings. The number of esters is 2. The van der Waals surface area contributed by atoms with Crippen LogP contribution < -0.4 is 15.0 Å². The van der Waals surface area contributed by atoms with Gasteiger partial charge in [-0.15, -0.1) is 0 Å². The van der Waals surface area contributed by atoms with Crippen LogP contribution >= 0.6 is 0 Å². The summed E-state index contributed by atoms with van der Waals surface area (Å²) in [7, 11) is 2.04. The van der Waals surface area contributed by atoms with E-state index >= 15 is 0 Å². The topological polar surface area (TPSA) is 80.8 Å². The van der Waals surface area contributed by atoms with Gasteiger partial charge in [-0.05, 0) is 47.1 Å². The van der Waals surface area contributed by atoms with E-state index in [1.54, 1.807) is 0 Å². The van der Waals surface area contributed by atoms with Crippen LogP contribution in [-0.2, 0) is 20.7 Å². The molecule has 1 saturated carbocycles. The van der Waals surface area contributed by atoms with E-state index in [4.69, 9.17) is 4.74 Å². The lowest BCUT2D eigenvalue weighted by Gasteiger charge is -2.27. The molecule has 1 aromatic carbocycles. The minimum absolute atomic E-state index is 0.0320. The lowest BCUT2D eigenvalue weighted by molar-refractivity contribution is -0.202. The first-order valence-corrected chi connectivity index (χ1v) is 11.5. The number of alkyl halides is 3. The molecule has 1 fully saturated rings. The van der Waals surface area contributed by atoms with Crippen molar-refractivity contribution < 1.29 is 32.2 Å². The first-order valence-electron chi connectivity index (χ1n) is 11.5. The van der Waals surface area contributed by atoms with Crippen LogP contribution in [0.5, 0.6) is 5.75 Å². The second kappa shape index (κ2) is 9.39. The lowest BCUT2D eigenvalue weighted by Crippen LogP contribution is -2.31. The highest BCUT2D eigenvalue weighted by molar-refractivity contribution is 5.88. The molecule has 1 N–H and O–H groups in total. The summed E-state index contributed by atoms with van der Waals surface area (Å²) < 4.78 is 46.7. The number of nitrogens with one attached hydrogen (secondary N) is 1. The number of carbonyl (C=O) groups is 2. The number of rotatable bonds is 7. The van der Waals surface area contributed by atoms with Crippen LogP contribution in [0.4, 0.5) is 24.7 Å². The van der Waals surface area contributed by atoms with Crippen molar-refractivity contribution in [3.63, 3.8) is 0 Å². The maximum Gasteiger partial charge on any atom is 0.491 e. The number of carbonyl (C=O) groups excluding carboxylic acids is 2. The number of anilines is 2. The highest BCUT2D eigenvalue weighted by atomic mass is 19.4. The van der Waals surface area contributed by atoms with E-state index in [1.165, 1.54) is 0 Å². The Labute approximate surface area is 201 Å². The number of fused-ring (bicyclic) bond motifs is 1. The van der Waals surface area contributed by atoms with Gasteiger partial charge in [-0.2, -0.15) is 13.2 Å². The lowest BCUT2D eigenvalue weighted by atomic mass is 10.0. The largest absolute Gasteiger partial charge is 0.493 e. The Kier molecular flexibility index (Phi) is 6.66. The van der Waals surface area contributed by atoms with Crippen molar-refractivity contribution in [3.8, 4) is 5.75 Å². The van der Waals surface area contributed by atoms with Gasteiger partial charge in [-0.1, -0.05) is 26.0 Å². The first kappa shape index (κ1) is 24.8. The normalized spacial score (nSPS) is 20.5. The SMILES string of the molecule is CN1CCNc2nc(CCOc3ccc(C4C(CC(=O)OC(=O)C(F)(F)F)C4(C)C)cc3)ccc21. The Hall–Kier alpha value is -3.30. The molecule has 0 amide bonds. The molecule has 2 unspecified atom stereocenters. The number of hydrogen-bond acceptors (Lipinski definition) is 7. The van der Waals surface area contributed by atoms with E-state index in [9.17, 15) is 22.8 Å². The van der Waals surface area contributed by atoms with E-state index in [-0.39, 0.29) is 23.7 Å². The minimum Gasteiger partial charge on any atom is -0.493 e. The third-order valence-electron chi connectivity index (χ3n) is 6.82. The van der Waals surface area contributed by atoms with E-state index in [1.807, 2.05) is 51.2 Å². The van der Waals surface area contributed by atoms with Crippen LogP contribution in [0.15, 0.2) is 36.4 Å². The fraction of sp³-hybridized carbons (Fsp3) is 0.480. The van der Waals surface area contributed by atoms with Gasteiger partial charge < -0.3 is 19.7 Å². The van der Waals surface area contributed by atoms with Gasteiger partial charge in [-0.25, -0.2) is 9.78 Å². The van der Waals surface area contributed by atoms with Crippen LogP contribution in [0.25, 0.3) is 0 Å². The molecule has 0 bridgehead atoms. The molecule has 1 aromatic heterocycles. The Morgan fingerprint density at radius 1 is 1.17 bits per heavy atom. The number of halogens is 3. The minimum atomic E-state index is -5.19. The zero-order chi connectivity index (χ0) is 25.4. The van der Waals surface area contributed by atoms with Crippen molar-refractivity contribution in [2.75, 3.05) is 37.0 Å². The fourth-order valence-electron chi connectivity index (χ4n) is 4.75. The molecule has 0 saturated heterocycles. The summed E-state index contributed by atoms with van der Waals surface area (Å²) in [6.07, 6.45) is -4.79. The van der Waals surface area contributed by atoms with Gasteiger partial charge in [0, 0.05) is 38.7 Å². The summed E-state index contributed by atoms with van der Waals surface area (Å²) in [4.78, 5) is 29.5. The van der Waals surface area contributed by atoms with Gasteiger partial charge in [-0.3, -0.25) is 4.79 Å². The first-order chi connectivity index (χ1) is 16.5. The number of pyridine rings is 1. The predicted molar refractivity (Wildman–Crippen MR) is 123 cm³/mol. The van der Waals surface area contributed by atoms with Crippen molar-refractivity contribution in [3.05, 3.63) is 47.7 Å². The van der Waals surface area contributed by atoms with Crippen LogP contribution in [0.1, 0.15) is 37.4 Å². The number of ether oxygens (including phenoxy) is 2. The van der Waals surface area contributed by atoms with E-state index in [2.05, 4.69) is 26.0 Å². The second-order valence-corrected chi connectivity index (χ2v) is 9.56. The highest BCUT2D eigenvalue weighted by Gasteiger charge is 2.59. The van der Waals surface area contributed by atoms with Gasteiger partial charge in [0.2, 0.25) is 0 Å². The summed E-state index contributed by atoms with van der Waals surface area (Å²) in [5.41, 5.74) is 2.66. The third kappa shape index (κ3) is 5.52. The van der Waals surface area contributed by atoms with E-state index in [0.717, 1.165) is 35.9 Å². The number of hydrogen-bond donors (Lipinski definition) is 1. The Balaban J connectivity index is 1.29. The molecule has 4 rings (SSSR count). The molecule has 35 heavy (non-hydrogen) atoms. The standard InChI is InChI=1S/C25H28F3N3O4/c1-24(2)18(14-20(32)35-23(33)25(26,27)28)21(24)15-4-7-17(8-5-15)34-13-10-16-6-9-19-22(30-16)29-11-12-31(19)3/h4-9,18,21H,10-14H2,1-3H3,(H,29,30). The summed E-state index contributed by atoms with van der Waals surface area (Å²) in [5, 5.41) is 3.31. The van der Waals surface area contributed by atoms with E-state index < -0.39 is 18.1 Å². The Bertz CT molecular complexity index is 1100. The molecular formula is C25H28F3N3O4. The van der Waals surface area contributed by atoms with Crippen LogP contribution in [0.2, 0.25) is 0 Å². The maximum atomic E-state index is 12.3. The molecule has 2 heterocycles. The number of aromatic nitrogens is 1. The van der Waals surface area contributed by atoms with Crippen LogP contribution in [0.3, 0.4) is 0 Å². The molecule has 1 aliphatic heterocycles. The Morgan fingerprint density at radius 2 is 1.89 bits per heavy atom. The average Bonchev–Trinajstić information content (AvgIpc) is 3.32. The summed E-state index contributed by atoms with van der Waals surface area (Å²) in [6.45, 7) is 6.12. The summed E-state index contributed by atoms with van der Waals surface area (Å²) in [6, 6.07) is 11.5. The van der Waals surface area contributed by atoms with Crippen molar-refractivity contribution in [1.29, 1.82) is 0 Å². The molecule has 2 aromatic rings. The highest BCUT2D eigenvalue weighted by Crippen LogP contribution is 2.66. The molecule has 0 spiro atoms. The molecule has 0 radical (unpaired) electrons. The molecule has 2 atom stereocenters. The summed E-state index contributed by atoms with van der Waals surface area (Å²) in [5.74, 6) is -2.32. The van der Waals surface area contributed by atoms with Gasteiger partial charge in [0.15, 0.2) is 0 Å². The van der Waals surface area contributed by atoms with Crippen molar-refractivity contribution in [1.82, 2.24) is 4.98 Å². The van der Waals surface area contributed by atoms with Gasteiger partial charge in [0.05, 0.1) is 12.3 Å². The monoisotopic (exact) mass is 491 g/mol. The molecular weight excluding hydrogens is 463 g/mol. The van der Waals surface area contributed by atoms with Gasteiger partial charge in [0.1, 0.15) is 11.6 Å². The maximum absolute atomic E-state index is 12.3. The predicted octanol–water partition coefficient (Wildman–Crippen LogP) is 4.33. The zero-order valence-electron chi connectivity index (χ0n) is 19.8. The summed E-state index contributed by atoms with van der Waals surface area (Å²) >= 11 is 0. The van der Waals surface area contributed by atoms with Gasteiger partial charge in [0.25, 0.3) is 0 Å². The molecule has 1 aliphatic carbocycles. The third-order valence-corrected chi connectivity index (χ3v) is 6.82. The molecule has 10 heteroatoms. The Morgan fingerprint density at radius 3 is 2.57 bits per heavy atom. The second-order valence-electron chi connectivity index (χ2n) is 9.56. The molecule has 188 valence electrons. The average molecular weight is 492 g/mol. The van der Waals surface area contributed by atoms with Crippen molar-refractivity contribution >= 4 is 23.4 Å². The van der Waals surface area contributed by atoms with Gasteiger partial charge >= 0.3 is 18.1 Å². The zero-order valence-corrected chi connectivity index (χ0v) is 19.8. The molecule has 7 nitrogen and oxygen atoms in total. The number of benzene rings is 1. The van der Waals surface area contributed by atoms with Crippen molar-refractivity contribution in [2.24, 2.45) is 11.3 Å². The smallest absolute Gasteiger partial charge is 0.491 e. The van der Waals surface area contributed by atoms with E-state index in [0.29, 0.717) is 18.8 Å². The number of likely N-dealkylation sites (N-methyl/N-ethyl adjacent to an activating group) is 1. The fourth-order valence-corrected chi connectivity index (χ4v) is 4.75. The quantitative estimate of drug-likeness (QED) is 0.456. The van der Waals surface area contributed by atoms with Crippen LogP contribution in [0, 0.1) is 11.3 Å².